The maximum absolute atomic E-state index is 12.1. The molecule has 1 fully saturated rings. The van der Waals surface area contributed by atoms with Crippen LogP contribution in [0.2, 0.25) is 0 Å². The number of benzene rings is 2. The molecule has 29 heavy (non-hydrogen) atoms. The first-order chi connectivity index (χ1) is 13.9. The van der Waals surface area contributed by atoms with Crippen molar-refractivity contribution in [1.82, 2.24) is 10.2 Å². The fraction of sp³-hybridized carbons (Fsp3) is 0.190. The van der Waals surface area contributed by atoms with Crippen molar-refractivity contribution >= 4 is 35.3 Å². The van der Waals surface area contributed by atoms with E-state index in [1.54, 1.807) is 43.5 Å². The highest BCUT2D eigenvalue weighted by Gasteiger charge is 2.27. The lowest BCUT2D eigenvalue weighted by atomic mass is 10.1. The molecular formula is C21H19N2O5S-. The molecule has 0 bridgehead atoms. The molecule has 1 N–H and O–H groups in total. The summed E-state index contributed by atoms with van der Waals surface area (Å²) in [5.74, 6) is -0.345. The zero-order valence-corrected chi connectivity index (χ0v) is 16.7. The number of carbonyl (C=O) groups is 2. The number of hydrogen-bond donors (Lipinski definition) is 1. The molecule has 0 atom stereocenters. The number of ether oxygens (including phenoxy) is 2. The lowest BCUT2D eigenvalue weighted by Gasteiger charge is -2.13. The van der Waals surface area contributed by atoms with Crippen LogP contribution in [0.15, 0.2) is 48.2 Å². The van der Waals surface area contributed by atoms with Crippen molar-refractivity contribution in [3.05, 3.63) is 64.9 Å². The largest absolute Gasteiger partial charge is 0.545 e. The fourth-order valence-electron chi connectivity index (χ4n) is 2.69. The Bertz CT molecular complexity index is 985. The Morgan fingerprint density at radius 1 is 1.17 bits per heavy atom. The minimum Gasteiger partial charge on any atom is -0.545 e. The Morgan fingerprint density at radius 3 is 2.48 bits per heavy atom. The molecule has 1 amide bonds. The van der Waals surface area contributed by atoms with Gasteiger partial charge in [-0.2, -0.15) is 0 Å². The van der Waals surface area contributed by atoms with Crippen molar-refractivity contribution in [2.24, 2.45) is 0 Å². The van der Waals surface area contributed by atoms with Gasteiger partial charge in [0, 0.05) is 7.05 Å². The highest BCUT2D eigenvalue weighted by Crippen LogP contribution is 2.30. The van der Waals surface area contributed by atoms with Crippen molar-refractivity contribution in [3.63, 3.8) is 0 Å². The first-order valence-corrected chi connectivity index (χ1v) is 9.30. The number of likely N-dealkylation sites (N-methyl/N-ethyl adjacent to an activating group) is 1. The summed E-state index contributed by atoms with van der Waals surface area (Å²) in [7, 11) is 1.61. The maximum atomic E-state index is 12.1. The summed E-state index contributed by atoms with van der Waals surface area (Å²) in [6.45, 7) is 2.55. The summed E-state index contributed by atoms with van der Waals surface area (Å²) in [6.07, 6.45) is 1.70. The number of nitrogens with zero attached hydrogens (tertiary/aromatic N) is 1. The molecule has 0 aromatic heterocycles. The van der Waals surface area contributed by atoms with Crippen LogP contribution in [0.5, 0.6) is 11.5 Å². The summed E-state index contributed by atoms with van der Waals surface area (Å²) in [5, 5.41) is 14.1. The molecule has 0 unspecified atom stereocenters. The van der Waals surface area contributed by atoms with Crippen LogP contribution in [0, 0.1) is 0 Å². The molecule has 1 saturated heterocycles. The average molecular weight is 411 g/mol. The van der Waals surface area contributed by atoms with E-state index in [0.29, 0.717) is 28.9 Å². The number of nitrogens with one attached hydrogen (secondary N) is 1. The summed E-state index contributed by atoms with van der Waals surface area (Å²) in [6, 6.07) is 11.6. The molecule has 8 heteroatoms. The second kappa shape index (κ2) is 8.74. The van der Waals surface area contributed by atoms with Gasteiger partial charge in [0.15, 0.2) is 16.6 Å². The van der Waals surface area contributed by atoms with Gasteiger partial charge in [0.25, 0.3) is 5.91 Å². The van der Waals surface area contributed by atoms with Gasteiger partial charge in [-0.15, -0.1) is 0 Å². The molecule has 0 radical (unpaired) electrons. The Kier molecular flexibility index (Phi) is 6.13. The zero-order valence-electron chi connectivity index (χ0n) is 15.9. The third-order valence-corrected chi connectivity index (χ3v) is 4.62. The standard InChI is InChI=1S/C21H20N2O5S/c1-3-27-18-11-14(10-16-19(24)23(2)21(29)22-16)6-9-17(18)28-12-13-4-7-15(8-5-13)20(25)26/h4-11H,3,12H2,1-2H3,(H,22,29)(H,25,26)/p-1/b16-10-. The molecule has 7 nitrogen and oxygen atoms in total. The van der Waals surface area contributed by atoms with E-state index in [9.17, 15) is 14.7 Å². The van der Waals surface area contributed by atoms with Crippen LogP contribution in [0.1, 0.15) is 28.4 Å². The van der Waals surface area contributed by atoms with E-state index in [4.69, 9.17) is 21.7 Å². The molecule has 3 rings (SSSR count). The Hall–Kier alpha value is -3.39. The van der Waals surface area contributed by atoms with Gasteiger partial charge in [-0.05, 0) is 54.0 Å². The molecule has 1 aliphatic rings. The number of rotatable bonds is 7. The summed E-state index contributed by atoms with van der Waals surface area (Å²) in [5.41, 5.74) is 2.07. The summed E-state index contributed by atoms with van der Waals surface area (Å²) >= 11 is 5.08. The van der Waals surface area contributed by atoms with Crippen molar-refractivity contribution in [1.29, 1.82) is 0 Å². The van der Waals surface area contributed by atoms with E-state index in [1.807, 2.05) is 6.92 Å². The van der Waals surface area contributed by atoms with Crippen molar-refractivity contribution < 1.29 is 24.2 Å². The van der Waals surface area contributed by atoms with Crippen LogP contribution < -0.4 is 19.9 Å². The third-order valence-electron chi connectivity index (χ3n) is 4.24. The van der Waals surface area contributed by atoms with Gasteiger partial charge in [-0.25, -0.2) is 0 Å². The van der Waals surface area contributed by atoms with E-state index in [0.717, 1.165) is 11.1 Å². The maximum Gasteiger partial charge on any atom is 0.276 e. The zero-order chi connectivity index (χ0) is 21.0. The number of hydrogen-bond acceptors (Lipinski definition) is 6. The minimum atomic E-state index is -1.22. The monoisotopic (exact) mass is 411 g/mol. The SMILES string of the molecule is CCOc1cc(/C=C2\NC(=S)N(C)C2=O)ccc1OCc1ccc(C(=O)[O-])cc1. The van der Waals surface area contributed by atoms with Crippen molar-refractivity contribution in [2.75, 3.05) is 13.7 Å². The number of carbonyl (C=O) groups excluding carboxylic acids is 2. The quantitative estimate of drug-likeness (QED) is 0.548. The highest BCUT2D eigenvalue weighted by molar-refractivity contribution is 7.80. The van der Waals surface area contributed by atoms with Gasteiger partial charge in [-0.1, -0.05) is 30.3 Å². The molecule has 2 aromatic carbocycles. The molecule has 1 aliphatic heterocycles. The van der Waals surface area contributed by atoms with Gasteiger partial charge in [0.1, 0.15) is 12.3 Å². The second-order valence-electron chi connectivity index (χ2n) is 6.26. The second-order valence-corrected chi connectivity index (χ2v) is 6.65. The van der Waals surface area contributed by atoms with Crippen LogP contribution in [0.4, 0.5) is 0 Å². The normalized spacial score (nSPS) is 14.8. The van der Waals surface area contributed by atoms with Crippen LogP contribution in [0.3, 0.4) is 0 Å². The molecule has 0 aliphatic carbocycles. The van der Waals surface area contributed by atoms with E-state index in [2.05, 4.69) is 5.32 Å². The molecule has 1 heterocycles. The molecular weight excluding hydrogens is 392 g/mol. The van der Waals surface area contributed by atoms with Crippen molar-refractivity contribution in [2.45, 2.75) is 13.5 Å². The number of carboxylic acids is 1. The molecule has 0 saturated carbocycles. The molecule has 0 spiro atoms. The van der Waals surface area contributed by atoms with Crippen LogP contribution in [0.25, 0.3) is 6.08 Å². The number of thiocarbonyl (C=S) groups is 1. The van der Waals surface area contributed by atoms with E-state index in [1.165, 1.54) is 17.0 Å². The van der Waals surface area contributed by atoms with Gasteiger partial charge in [0.05, 0.1) is 12.6 Å². The summed E-state index contributed by atoms with van der Waals surface area (Å²) in [4.78, 5) is 24.3. The van der Waals surface area contributed by atoms with Crippen LogP contribution in [-0.4, -0.2) is 35.5 Å². The Labute approximate surface area is 173 Å². The number of amides is 1. The smallest absolute Gasteiger partial charge is 0.276 e. The first kappa shape index (κ1) is 20.3. The summed E-state index contributed by atoms with van der Waals surface area (Å²) < 4.78 is 11.5. The Balaban J connectivity index is 1.76. The van der Waals surface area contributed by atoms with Crippen LogP contribution in [-0.2, 0) is 11.4 Å². The van der Waals surface area contributed by atoms with Gasteiger partial charge in [0.2, 0.25) is 0 Å². The lowest BCUT2D eigenvalue weighted by Crippen LogP contribution is -2.25. The van der Waals surface area contributed by atoms with Gasteiger partial charge < -0.3 is 24.7 Å². The van der Waals surface area contributed by atoms with Crippen LogP contribution >= 0.6 is 12.2 Å². The van der Waals surface area contributed by atoms with E-state index < -0.39 is 5.97 Å². The average Bonchev–Trinajstić information content (AvgIpc) is 2.94. The third kappa shape index (κ3) is 4.72. The molecule has 2 aromatic rings. The molecule has 150 valence electrons. The number of aromatic carboxylic acids is 1. The van der Waals surface area contributed by atoms with Gasteiger partial charge >= 0.3 is 0 Å². The highest BCUT2D eigenvalue weighted by atomic mass is 32.1. The predicted octanol–water partition coefficient (Wildman–Crippen LogP) is 1.72. The predicted molar refractivity (Wildman–Crippen MR) is 109 cm³/mol. The lowest BCUT2D eigenvalue weighted by molar-refractivity contribution is -0.255. The first-order valence-electron chi connectivity index (χ1n) is 8.89. The minimum absolute atomic E-state index is 0.112. The van der Waals surface area contributed by atoms with E-state index in [-0.39, 0.29) is 18.1 Å². The Morgan fingerprint density at radius 2 is 1.90 bits per heavy atom. The van der Waals surface area contributed by atoms with E-state index >= 15 is 0 Å². The fourth-order valence-corrected chi connectivity index (χ4v) is 2.88. The topological polar surface area (TPSA) is 90.9 Å². The van der Waals surface area contributed by atoms with Gasteiger partial charge in [-0.3, -0.25) is 9.69 Å². The van der Waals surface area contributed by atoms with Crippen molar-refractivity contribution in [3.8, 4) is 11.5 Å². The number of carboxylic acid groups (broad SMARTS) is 1.